The number of hydrogen-bond acceptors (Lipinski definition) is 3. The van der Waals surface area contributed by atoms with E-state index in [9.17, 15) is 9.59 Å². The second kappa shape index (κ2) is 6.57. The van der Waals surface area contributed by atoms with Gasteiger partial charge in [-0.05, 0) is 33.1 Å². The zero-order valence-corrected chi connectivity index (χ0v) is 13.4. The topological polar surface area (TPSA) is 58.6 Å². The fourth-order valence-corrected chi connectivity index (χ4v) is 2.84. The Balaban J connectivity index is 3.10. The highest BCUT2D eigenvalue weighted by Crippen LogP contribution is 2.33. The van der Waals surface area contributed by atoms with Gasteiger partial charge in [0.25, 0.3) is 0 Å². The molecule has 0 aromatic rings. The molecule has 20 heavy (non-hydrogen) atoms. The van der Waals surface area contributed by atoms with Crippen LogP contribution in [0.2, 0.25) is 0 Å². The van der Waals surface area contributed by atoms with E-state index < -0.39 is 11.1 Å². The molecule has 1 saturated heterocycles. The first kappa shape index (κ1) is 17.0. The van der Waals surface area contributed by atoms with Gasteiger partial charge >= 0.3 is 0 Å². The molecular formula is C15H28N2O3. The summed E-state index contributed by atoms with van der Waals surface area (Å²) in [5.41, 5.74) is -1.53. The maximum absolute atomic E-state index is 12.8. The van der Waals surface area contributed by atoms with Crippen molar-refractivity contribution >= 4 is 11.8 Å². The number of carbonyl (C=O) groups excluding carboxylic acids is 2. The van der Waals surface area contributed by atoms with Crippen LogP contribution in [0.4, 0.5) is 0 Å². The molecule has 1 atom stereocenters. The first-order chi connectivity index (χ1) is 9.41. The van der Waals surface area contributed by atoms with Crippen molar-refractivity contribution in [1.82, 2.24) is 10.2 Å². The SMILES string of the molecule is CCOCCN1C(=O)C(C)(CC)NC(=O)C1(CC)CC. The van der Waals surface area contributed by atoms with Crippen LogP contribution in [0.3, 0.4) is 0 Å². The summed E-state index contributed by atoms with van der Waals surface area (Å²) >= 11 is 0. The molecule has 0 aromatic carbocycles. The van der Waals surface area contributed by atoms with Gasteiger partial charge in [-0.3, -0.25) is 9.59 Å². The molecule has 0 aromatic heterocycles. The number of piperazine rings is 1. The summed E-state index contributed by atoms with van der Waals surface area (Å²) in [5, 5.41) is 2.93. The summed E-state index contributed by atoms with van der Waals surface area (Å²) in [4.78, 5) is 27.1. The van der Waals surface area contributed by atoms with E-state index in [2.05, 4.69) is 5.32 Å². The van der Waals surface area contributed by atoms with Crippen molar-refractivity contribution in [3.8, 4) is 0 Å². The molecule has 0 radical (unpaired) electrons. The lowest BCUT2D eigenvalue weighted by Crippen LogP contribution is -2.74. The van der Waals surface area contributed by atoms with Gasteiger partial charge in [0.2, 0.25) is 11.8 Å². The van der Waals surface area contributed by atoms with Crippen molar-refractivity contribution in [2.24, 2.45) is 0 Å². The summed E-state index contributed by atoms with van der Waals surface area (Å²) in [7, 11) is 0. The standard InChI is InChI=1S/C15H28N2O3/c1-6-14(5)13(19)17(10-11-20-9-4)15(7-2,8-3)12(18)16-14/h6-11H2,1-5H3,(H,16,18). The first-order valence-electron chi connectivity index (χ1n) is 7.64. The Bertz CT molecular complexity index is 366. The molecule has 5 nitrogen and oxygen atoms in total. The molecule has 0 bridgehead atoms. The minimum atomic E-state index is -0.795. The molecular weight excluding hydrogens is 256 g/mol. The van der Waals surface area contributed by atoms with Crippen LogP contribution >= 0.6 is 0 Å². The van der Waals surface area contributed by atoms with Gasteiger partial charge in [-0.25, -0.2) is 0 Å². The van der Waals surface area contributed by atoms with Crippen LogP contribution < -0.4 is 5.32 Å². The molecule has 1 heterocycles. The van der Waals surface area contributed by atoms with Crippen molar-refractivity contribution in [3.63, 3.8) is 0 Å². The molecule has 5 heteroatoms. The van der Waals surface area contributed by atoms with E-state index in [0.717, 1.165) is 0 Å². The van der Waals surface area contributed by atoms with E-state index in [0.29, 0.717) is 39.0 Å². The average Bonchev–Trinajstić information content (AvgIpc) is 2.45. The number of nitrogens with zero attached hydrogens (tertiary/aromatic N) is 1. The molecule has 1 rings (SSSR count). The van der Waals surface area contributed by atoms with Gasteiger partial charge in [-0.15, -0.1) is 0 Å². The Morgan fingerprint density at radius 2 is 1.70 bits per heavy atom. The third-order valence-electron chi connectivity index (χ3n) is 4.59. The summed E-state index contributed by atoms with van der Waals surface area (Å²) in [5.74, 6) is -0.0362. The van der Waals surface area contributed by atoms with E-state index in [-0.39, 0.29) is 11.8 Å². The van der Waals surface area contributed by atoms with Crippen LogP contribution in [0.15, 0.2) is 0 Å². The third-order valence-corrected chi connectivity index (χ3v) is 4.59. The van der Waals surface area contributed by atoms with E-state index in [4.69, 9.17) is 4.74 Å². The quantitative estimate of drug-likeness (QED) is 0.724. The largest absolute Gasteiger partial charge is 0.380 e. The van der Waals surface area contributed by atoms with Crippen molar-refractivity contribution < 1.29 is 14.3 Å². The Morgan fingerprint density at radius 3 is 2.15 bits per heavy atom. The summed E-state index contributed by atoms with van der Waals surface area (Å²) in [6.45, 7) is 11.1. The lowest BCUT2D eigenvalue weighted by Gasteiger charge is -2.51. The molecule has 116 valence electrons. The van der Waals surface area contributed by atoms with Crippen LogP contribution in [0.1, 0.15) is 53.9 Å². The fourth-order valence-electron chi connectivity index (χ4n) is 2.84. The Labute approximate surface area is 122 Å². The second-order valence-electron chi connectivity index (χ2n) is 5.53. The number of nitrogens with one attached hydrogen (secondary N) is 1. The molecule has 1 aliphatic heterocycles. The van der Waals surface area contributed by atoms with Crippen molar-refractivity contribution in [2.45, 2.75) is 65.0 Å². The van der Waals surface area contributed by atoms with E-state index in [1.807, 2.05) is 27.7 Å². The Morgan fingerprint density at radius 1 is 1.10 bits per heavy atom. The summed E-state index contributed by atoms with van der Waals surface area (Å²) < 4.78 is 5.38. The van der Waals surface area contributed by atoms with Crippen LogP contribution in [0.5, 0.6) is 0 Å². The summed E-state index contributed by atoms with van der Waals surface area (Å²) in [6.07, 6.45) is 1.83. The van der Waals surface area contributed by atoms with Gasteiger partial charge in [-0.2, -0.15) is 0 Å². The van der Waals surface area contributed by atoms with Gasteiger partial charge in [0.05, 0.1) is 6.61 Å². The molecule has 0 aliphatic carbocycles. The first-order valence-corrected chi connectivity index (χ1v) is 7.64. The average molecular weight is 284 g/mol. The summed E-state index contributed by atoms with van der Waals surface area (Å²) in [6, 6.07) is 0. The van der Waals surface area contributed by atoms with Crippen molar-refractivity contribution in [1.29, 1.82) is 0 Å². The lowest BCUT2D eigenvalue weighted by molar-refractivity contribution is -0.164. The molecule has 1 N–H and O–H groups in total. The second-order valence-corrected chi connectivity index (χ2v) is 5.53. The third kappa shape index (κ3) is 2.68. The number of amides is 2. The number of ether oxygens (including phenoxy) is 1. The highest BCUT2D eigenvalue weighted by Gasteiger charge is 2.54. The van der Waals surface area contributed by atoms with Gasteiger partial charge in [0.15, 0.2) is 0 Å². The minimum Gasteiger partial charge on any atom is -0.380 e. The van der Waals surface area contributed by atoms with E-state index >= 15 is 0 Å². The lowest BCUT2D eigenvalue weighted by atomic mass is 9.81. The van der Waals surface area contributed by atoms with Crippen LogP contribution in [0.25, 0.3) is 0 Å². The van der Waals surface area contributed by atoms with Crippen LogP contribution in [0, 0.1) is 0 Å². The van der Waals surface area contributed by atoms with Gasteiger partial charge in [0, 0.05) is 13.2 Å². The highest BCUT2D eigenvalue weighted by atomic mass is 16.5. The maximum atomic E-state index is 12.8. The van der Waals surface area contributed by atoms with E-state index in [1.54, 1.807) is 11.8 Å². The highest BCUT2D eigenvalue weighted by molar-refractivity contribution is 6.02. The monoisotopic (exact) mass is 284 g/mol. The van der Waals surface area contributed by atoms with Gasteiger partial charge < -0.3 is 15.0 Å². The predicted octanol–water partition coefficient (Wildman–Crippen LogP) is 1.71. The zero-order chi connectivity index (χ0) is 15.4. The maximum Gasteiger partial charge on any atom is 0.249 e. The van der Waals surface area contributed by atoms with Gasteiger partial charge in [-0.1, -0.05) is 20.8 Å². The molecule has 1 aliphatic rings. The molecule has 2 amide bonds. The van der Waals surface area contributed by atoms with E-state index in [1.165, 1.54) is 0 Å². The molecule has 1 unspecified atom stereocenters. The molecule has 1 fully saturated rings. The predicted molar refractivity (Wildman–Crippen MR) is 78.4 cm³/mol. The van der Waals surface area contributed by atoms with Crippen molar-refractivity contribution in [2.75, 3.05) is 19.8 Å². The van der Waals surface area contributed by atoms with Crippen molar-refractivity contribution in [3.05, 3.63) is 0 Å². The minimum absolute atomic E-state index is 0.00278. The normalized spacial score (nSPS) is 25.8. The number of hydrogen-bond donors (Lipinski definition) is 1. The Hall–Kier alpha value is -1.10. The molecule has 0 spiro atoms. The number of carbonyl (C=O) groups is 2. The molecule has 0 saturated carbocycles. The Kier molecular flexibility index (Phi) is 5.57. The fraction of sp³-hybridized carbons (Fsp3) is 0.867. The van der Waals surface area contributed by atoms with Crippen LogP contribution in [-0.4, -0.2) is 47.6 Å². The zero-order valence-electron chi connectivity index (χ0n) is 13.4. The number of rotatable bonds is 7. The van der Waals surface area contributed by atoms with Gasteiger partial charge in [0.1, 0.15) is 11.1 Å². The van der Waals surface area contributed by atoms with Crippen LogP contribution in [-0.2, 0) is 14.3 Å². The smallest absolute Gasteiger partial charge is 0.249 e.